The third-order valence-electron chi connectivity index (χ3n) is 0.592. The van der Waals surface area contributed by atoms with Gasteiger partial charge in [0, 0.05) is 0 Å². The van der Waals surface area contributed by atoms with Crippen molar-refractivity contribution in [2.75, 3.05) is 13.2 Å². The van der Waals surface area contributed by atoms with Crippen molar-refractivity contribution in [3.05, 3.63) is 0 Å². The van der Waals surface area contributed by atoms with Gasteiger partial charge in [-0.3, -0.25) is 10.5 Å². The van der Waals surface area contributed by atoms with Crippen LogP contribution < -0.4 is 0 Å². The highest BCUT2D eigenvalue weighted by Crippen LogP contribution is 1.82. The molecule has 0 aromatic heterocycles. The third-order valence-corrected chi connectivity index (χ3v) is 0.592. The number of rotatable bonds is 4. The minimum Gasteiger partial charge on any atom is -0.390 e. The van der Waals surface area contributed by atoms with Crippen LogP contribution >= 0.6 is 0 Å². The molecule has 7 heteroatoms. The first kappa shape index (κ1) is 9.98. The van der Waals surface area contributed by atoms with Gasteiger partial charge in [-0.15, -0.1) is 0 Å². The molecule has 0 unspecified atom stereocenters. The normalized spacial score (nSPS) is 9.27. The lowest BCUT2D eigenvalue weighted by molar-refractivity contribution is -0.252. The highest BCUT2D eigenvalue weighted by Gasteiger charge is 2.09. The predicted octanol–water partition coefficient (Wildman–Crippen LogP) is -0.965. The summed E-state index contributed by atoms with van der Waals surface area (Å²) in [7, 11) is 0. The highest BCUT2D eigenvalue weighted by molar-refractivity contribution is 5.86. The Morgan fingerprint density at radius 1 is 1.00 bits per heavy atom. The summed E-state index contributed by atoms with van der Waals surface area (Å²) < 4.78 is 3.88. The van der Waals surface area contributed by atoms with Crippen LogP contribution in [0, 0.1) is 0 Å². The van der Waals surface area contributed by atoms with Gasteiger partial charge in [-0.2, -0.15) is 0 Å². The van der Waals surface area contributed by atoms with Crippen molar-refractivity contribution in [2.24, 2.45) is 0 Å². The van der Waals surface area contributed by atoms with Gasteiger partial charge in [-0.05, 0) is 0 Å². The van der Waals surface area contributed by atoms with E-state index in [4.69, 9.17) is 10.5 Å². The second-order valence-corrected chi connectivity index (χ2v) is 1.39. The number of carbonyl (C=O) groups excluding carboxylic acids is 2. The molecule has 0 aliphatic heterocycles. The van der Waals surface area contributed by atoms with Gasteiger partial charge in [0.1, 0.15) is 0 Å². The van der Waals surface area contributed by atoms with Gasteiger partial charge < -0.3 is 4.74 Å². The summed E-state index contributed by atoms with van der Waals surface area (Å²) >= 11 is 0. The third kappa shape index (κ3) is 5.43. The van der Waals surface area contributed by atoms with E-state index in [2.05, 4.69) is 14.5 Å². The van der Waals surface area contributed by atoms with Gasteiger partial charge >= 0.3 is 11.9 Å². The Morgan fingerprint density at radius 2 is 1.36 bits per heavy atom. The molecule has 0 radical (unpaired) electrons. The minimum absolute atomic E-state index is 0.753. The summed E-state index contributed by atoms with van der Waals surface area (Å²) in [5.41, 5.74) is 0. The summed E-state index contributed by atoms with van der Waals surface area (Å²) in [6.45, 7) is -1.51. The standard InChI is InChI=1S/C4H6O7/c5-3(1-9-7)11-4(6)2-10-8/h7-8H,1-2H2. The smallest absolute Gasteiger partial charge is 0.343 e. The quantitative estimate of drug-likeness (QED) is 0.240. The zero-order valence-electron chi connectivity index (χ0n) is 5.35. The molecule has 2 N–H and O–H groups in total. The lowest BCUT2D eigenvalue weighted by Gasteiger charge is -1.97. The first-order valence-corrected chi connectivity index (χ1v) is 2.47. The van der Waals surface area contributed by atoms with E-state index in [0.29, 0.717) is 0 Å². The van der Waals surface area contributed by atoms with Crippen molar-refractivity contribution in [3.63, 3.8) is 0 Å². The molecule has 64 valence electrons. The molecule has 0 bridgehead atoms. The molecular formula is C4H6O7. The molecule has 0 saturated heterocycles. The topological polar surface area (TPSA) is 102 Å². The lowest BCUT2D eigenvalue weighted by Crippen LogP contribution is -2.19. The minimum atomic E-state index is -1.07. The van der Waals surface area contributed by atoms with Crippen LogP contribution in [0.15, 0.2) is 0 Å². The molecule has 11 heavy (non-hydrogen) atoms. The molecule has 0 aromatic rings. The fourth-order valence-corrected chi connectivity index (χ4v) is 0.291. The Kier molecular flexibility index (Phi) is 5.21. The average molecular weight is 166 g/mol. The molecule has 0 aliphatic carbocycles. The van der Waals surface area contributed by atoms with E-state index in [0.717, 1.165) is 0 Å². The molecule has 0 fully saturated rings. The van der Waals surface area contributed by atoms with E-state index in [-0.39, 0.29) is 0 Å². The number of ether oxygens (including phenoxy) is 1. The summed E-state index contributed by atoms with van der Waals surface area (Å²) in [4.78, 5) is 27.2. The second-order valence-electron chi connectivity index (χ2n) is 1.39. The van der Waals surface area contributed by atoms with Crippen LogP contribution in [0.25, 0.3) is 0 Å². The van der Waals surface area contributed by atoms with Crippen LogP contribution in [0.2, 0.25) is 0 Å². The number of esters is 2. The van der Waals surface area contributed by atoms with Gasteiger partial charge in [-0.1, -0.05) is 0 Å². The molecule has 7 nitrogen and oxygen atoms in total. The maximum atomic E-state index is 10.3. The van der Waals surface area contributed by atoms with Gasteiger partial charge in [0.05, 0.1) is 0 Å². The maximum absolute atomic E-state index is 10.3. The molecule has 0 amide bonds. The van der Waals surface area contributed by atoms with Crippen LogP contribution in [0.3, 0.4) is 0 Å². The van der Waals surface area contributed by atoms with Crippen molar-refractivity contribution in [1.82, 2.24) is 0 Å². The summed E-state index contributed by atoms with van der Waals surface area (Å²) in [6.07, 6.45) is 0. The van der Waals surface area contributed by atoms with E-state index in [9.17, 15) is 9.59 Å². The Labute approximate surface area is 60.9 Å². The second kappa shape index (κ2) is 5.74. The first-order valence-electron chi connectivity index (χ1n) is 2.47. The van der Waals surface area contributed by atoms with E-state index < -0.39 is 25.2 Å². The Hall–Kier alpha value is -1.02. The van der Waals surface area contributed by atoms with Gasteiger partial charge in [0.25, 0.3) is 0 Å². The van der Waals surface area contributed by atoms with Crippen molar-refractivity contribution in [1.29, 1.82) is 0 Å². The molecule has 0 saturated carbocycles. The van der Waals surface area contributed by atoms with E-state index in [1.807, 2.05) is 0 Å². The van der Waals surface area contributed by atoms with Crippen LogP contribution in [0.1, 0.15) is 0 Å². The fourth-order valence-electron chi connectivity index (χ4n) is 0.291. The Bertz CT molecular complexity index is 125. The predicted molar refractivity (Wildman–Crippen MR) is 28.3 cm³/mol. The Morgan fingerprint density at radius 3 is 1.64 bits per heavy atom. The molecule has 0 heterocycles. The SMILES string of the molecule is O=C(COO)OC(=O)COO. The van der Waals surface area contributed by atoms with Crippen molar-refractivity contribution < 1.29 is 34.6 Å². The molecule has 0 rings (SSSR count). The Balaban J connectivity index is 3.49. The summed E-state index contributed by atoms with van der Waals surface area (Å²) in [5.74, 6) is -2.15. The molecule has 0 aliphatic rings. The van der Waals surface area contributed by atoms with Crippen LogP contribution in [-0.2, 0) is 24.1 Å². The van der Waals surface area contributed by atoms with Crippen molar-refractivity contribution in [3.8, 4) is 0 Å². The maximum Gasteiger partial charge on any atom is 0.343 e. The lowest BCUT2D eigenvalue weighted by atomic mass is 10.7. The van der Waals surface area contributed by atoms with Gasteiger partial charge in [0.2, 0.25) is 0 Å². The van der Waals surface area contributed by atoms with E-state index in [1.165, 1.54) is 0 Å². The van der Waals surface area contributed by atoms with Crippen molar-refractivity contribution in [2.45, 2.75) is 0 Å². The van der Waals surface area contributed by atoms with Gasteiger partial charge in [-0.25, -0.2) is 19.4 Å². The van der Waals surface area contributed by atoms with Crippen molar-refractivity contribution >= 4 is 11.9 Å². The van der Waals surface area contributed by atoms with Gasteiger partial charge in [0.15, 0.2) is 13.2 Å². The monoisotopic (exact) mass is 166 g/mol. The highest BCUT2D eigenvalue weighted by atomic mass is 17.1. The van der Waals surface area contributed by atoms with Crippen LogP contribution in [0.5, 0.6) is 0 Å². The molecule has 0 aromatic carbocycles. The number of hydrogen-bond donors (Lipinski definition) is 2. The van der Waals surface area contributed by atoms with Crippen LogP contribution in [0.4, 0.5) is 0 Å². The largest absolute Gasteiger partial charge is 0.390 e. The molecule has 0 atom stereocenters. The number of hydrogen-bond acceptors (Lipinski definition) is 7. The number of carbonyl (C=O) groups is 2. The molecular weight excluding hydrogens is 160 g/mol. The fraction of sp³-hybridized carbons (Fsp3) is 0.500. The molecule has 0 spiro atoms. The van der Waals surface area contributed by atoms with Crippen LogP contribution in [-0.4, -0.2) is 35.7 Å². The van der Waals surface area contributed by atoms with E-state index >= 15 is 0 Å². The first-order chi connectivity index (χ1) is 5.20. The zero-order valence-corrected chi connectivity index (χ0v) is 5.35. The summed E-state index contributed by atoms with van der Waals surface area (Å²) in [6, 6.07) is 0. The zero-order chi connectivity index (χ0) is 8.69. The average Bonchev–Trinajstić information content (AvgIpc) is 1.87. The van der Waals surface area contributed by atoms with E-state index in [1.54, 1.807) is 0 Å². The summed E-state index contributed by atoms with van der Waals surface area (Å²) in [5, 5.41) is 15.4.